The first kappa shape index (κ1) is 13.0. The molecule has 1 heterocycles. The Hall–Kier alpha value is -0.980. The highest BCUT2D eigenvalue weighted by molar-refractivity contribution is 5.33. The molecule has 1 N–H and O–H groups in total. The maximum atomic E-state index is 3.39. The van der Waals surface area contributed by atoms with E-state index in [0.29, 0.717) is 0 Å². The molecule has 1 saturated heterocycles. The number of hydrogen-bond acceptors (Lipinski definition) is 1. The minimum Gasteiger partial charge on any atom is -0.385 e. The molecule has 0 amide bonds. The first-order chi connectivity index (χ1) is 6.88. The van der Waals surface area contributed by atoms with E-state index in [9.17, 15) is 0 Å². The maximum Gasteiger partial charge on any atom is 0.0329 e. The van der Waals surface area contributed by atoms with Gasteiger partial charge in [0, 0.05) is 12.2 Å². The lowest BCUT2D eigenvalue weighted by atomic mass is 10.0. The summed E-state index contributed by atoms with van der Waals surface area (Å²) in [7, 11) is 0. The number of nitrogens with one attached hydrogen (secondary N) is 1. The Labute approximate surface area is 88.6 Å². The van der Waals surface area contributed by atoms with E-state index in [1.807, 2.05) is 20.8 Å². The summed E-state index contributed by atoms with van der Waals surface area (Å²) in [4.78, 5) is 0. The lowest BCUT2D eigenvalue weighted by Gasteiger charge is -2.19. The minimum absolute atomic E-state index is 1.12. The molecule has 0 aromatic heterocycles. The Kier molecular flexibility index (Phi) is 8.01. The second-order valence-electron chi connectivity index (χ2n) is 2.95. The van der Waals surface area contributed by atoms with E-state index in [1.165, 1.54) is 24.1 Å². The van der Waals surface area contributed by atoms with Crippen LogP contribution >= 0.6 is 0 Å². The predicted molar refractivity (Wildman–Crippen MR) is 65.2 cm³/mol. The summed E-state index contributed by atoms with van der Waals surface area (Å²) < 4.78 is 0. The SMILES string of the molecule is CC.C\C=C/C=C1/CCCN/C1=C/C. The quantitative estimate of drug-likeness (QED) is 0.668. The highest BCUT2D eigenvalue weighted by Crippen LogP contribution is 2.18. The summed E-state index contributed by atoms with van der Waals surface area (Å²) >= 11 is 0. The van der Waals surface area contributed by atoms with Crippen LogP contribution in [0.1, 0.15) is 40.5 Å². The van der Waals surface area contributed by atoms with E-state index in [4.69, 9.17) is 0 Å². The van der Waals surface area contributed by atoms with Gasteiger partial charge in [-0.05, 0) is 32.3 Å². The van der Waals surface area contributed by atoms with Crippen LogP contribution in [0.25, 0.3) is 0 Å². The molecule has 14 heavy (non-hydrogen) atoms. The molecule has 1 heteroatoms. The van der Waals surface area contributed by atoms with Crippen molar-refractivity contribution in [3.8, 4) is 0 Å². The molecule has 1 aliphatic heterocycles. The lowest BCUT2D eigenvalue weighted by molar-refractivity contribution is 0.668. The molecule has 0 atom stereocenters. The average molecular weight is 193 g/mol. The van der Waals surface area contributed by atoms with Gasteiger partial charge < -0.3 is 5.32 Å². The predicted octanol–water partition coefficient (Wildman–Crippen LogP) is 3.80. The zero-order chi connectivity index (χ0) is 10.8. The molecular formula is C13H23N. The molecule has 1 rings (SSSR count). The molecule has 0 radical (unpaired) electrons. The Morgan fingerprint density at radius 1 is 1.21 bits per heavy atom. The van der Waals surface area contributed by atoms with Crippen molar-refractivity contribution < 1.29 is 0 Å². The number of rotatable bonds is 1. The van der Waals surface area contributed by atoms with Gasteiger partial charge >= 0.3 is 0 Å². The van der Waals surface area contributed by atoms with Crippen molar-refractivity contribution in [1.82, 2.24) is 5.32 Å². The van der Waals surface area contributed by atoms with Gasteiger partial charge in [0.25, 0.3) is 0 Å². The molecule has 0 aliphatic carbocycles. The lowest BCUT2D eigenvalue weighted by Crippen LogP contribution is -2.21. The summed E-state index contributed by atoms with van der Waals surface area (Å²) in [5.41, 5.74) is 2.74. The molecule has 0 saturated carbocycles. The van der Waals surface area contributed by atoms with Crippen LogP contribution in [0, 0.1) is 0 Å². The van der Waals surface area contributed by atoms with E-state index < -0.39 is 0 Å². The number of allylic oxidation sites excluding steroid dienone is 5. The van der Waals surface area contributed by atoms with Crippen LogP contribution < -0.4 is 5.32 Å². The van der Waals surface area contributed by atoms with Gasteiger partial charge in [-0.3, -0.25) is 0 Å². The zero-order valence-electron chi connectivity index (χ0n) is 9.93. The Balaban J connectivity index is 0.000000791. The third-order valence-corrected chi connectivity index (χ3v) is 2.06. The smallest absolute Gasteiger partial charge is 0.0329 e. The van der Waals surface area contributed by atoms with Gasteiger partial charge in [0.1, 0.15) is 0 Å². The summed E-state index contributed by atoms with van der Waals surface area (Å²) in [5.74, 6) is 0. The van der Waals surface area contributed by atoms with E-state index in [0.717, 1.165) is 6.54 Å². The Morgan fingerprint density at radius 2 is 1.93 bits per heavy atom. The summed E-state index contributed by atoms with van der Waals surface area (Å²) in [6.07, 6.45) is 11.0. The van der Waals surface area contributed by atoms with Crippen LogP contribution in [0.4, 0.5) is 0 Å². The molecule has 80 valence electrons. The number of hydrogen-bond donors (Lipinski definition) is 1. The van der Waals surface area contributed by atoms with E-state index in [-0.39, 0.29) is 0 Å². The fourth-order valence-electron chi connectivity index (χ4n) is 1.42. The number of piperidine rings is 1. The normalized spacial score (nSPS) is 22.0. The Morgan fingerprint density at radius 3 is 2.50 bits per heavy atom. The van der Waals surface area contributed by atoms with Crippen LogP contribution in [-0.4, -0.2) is 6.54 Å². The first-order valence-corrected chi connectivity index (χ1v) is 5.61. The monoisotopic (exact) mass is 193 g/mol. The minimum atomic E-state index is 1.12. The Bertz CT molecular complexity index is 221. The van der Waals surface area contributed by atoms with Crippen LogP contribution in [0.2, 0.25) is 0 Å². The fourth-order valence-corrected chi connectivity index (χ4v) is 1.42. The van der Waals surface area contributed by atoms with Gasteiger partial charge in [0.15, 0.2) is 0 Å². The molecule has 0 aromatic rings. The highest BCUT2D eigenvalue weighted by atomic mass is 14.9. The van der Waals surface area contributed by atoms with Crippen molar-refractivity contribution in [2.75, 3.05) is 6.54 Å². The van der Waals surface area contributed by atoms with Gasteiger partial charge in [-0.25, -0.2) is 0 Å². The first-order valence-electron chi connectivity index (χ1n) is 5.61. The van der Waals surface area contributed by atoms with Gasteiger partial charge in [-0.15, -0.1) is 0 Å². The van der Waals surface area contributed by atoms with Crippen molar-refractivity contribution in [1.29, 1.82) is 0 Å². The third kappa shape index (κ3) is 4.31. The van der Waals surface area contributed by atoms with E-state index in [1.54, 1.807) is 0 Å². The molecule has 1 fully saturated rings. The van der Waals surface area contributed by atoms with Crippen molar-refractivity contribution in [3.05, 3.63) is 35.6 Å². The molecule has 1 nitrogen and oxygen atoms in total. The molecule has 0 spiro atoms. The largest absolute Gasteiger partial charge is 0.385 e. The van der Waals surface area contributed by atoms with Gasteiger partial charge in [0.2, 0.25) is 0 Å². The average Bonchev–Trinajstić information content (AvgIpc) is 2.29. The van der Waals surface area contributed by atoms with Gasteiger partial charge in [-0.2, -0.15) is 0 Å². The van der Waals surface area contributed by atoms with Crippen LogP contribution in [0.5, 0.6) is 0 Å². The molecule has 0 unspecified atom stereocenters. The highest BCUT2D eigenvalue weighted by Gasteiger charge is 2.07. The standard InChI is InChI=1S/C11H17N.C2H6/c1-3-5-7-10-8-6-9-12-11(10)4-2;1-2/h3-5,7,12H,6,8-9H2,1-2H3;1-2H3/b5-3-,10-7-,11-4+;. The fraction of sp³-hybridized carbons (Fsp3) is 0.538. The van der Waals surface area contributed by atoms with E-state index >= 15 is 0 Å². The van der Waals surface area contributed by atoms with Crippen LogP contribution in [0.15, 0.2) is 35.6 Å². The van der Waals surface area contributed by atoms with Crippen molar-refractivity contribution in [2.24, 2.45) is 0 Å². The van der Waals surface area contributed by atoms with Gasteiger partial charge in [-0.1, -0.05) is 38.2 Å². The van der Waals surface area contributed by atoms with Crippen molar-refractivity contribution >= 4 is 0 Å². The molecule has 0 aromatic carbocycles. The topological polar surface area (TPSA) is 12.0 Å². The van der Waals surface area contributed by atoms with Crippen molar-refractivity contribution in [3.63, 3.8) is 0 Å². The van der Waals surface area contributed by atoms with Crippen LogP contribution in [0.3, 0.4) is 0 Å². The molecular weight excluding hydrogens is 170 g/mol. The molecule has 0 bridgehead atoms. The third-order valence-electron chi connectivity index (χ3n) is 2.06. The van der Waals surface area contributed by atoms with Crippen LogP contribution in [-0.2, 0) is 0 Å². The second-order valence-corrected chi connectivity index (χ2v) is 2.95. The summed E-state index contributed by atoms with van der Waals surface area (Å²) in [6.45, 7) is 9.24. The van der Waals surface area contributed by atoms with Gasteiger partial charge in [0.05, 0.1) is 0 Å². The molecule has 1 aliphatic rings. The second kappa shape index (κ2) is 8.61. The van der Waals surface area contributed by atoms with Crippen molar-refractivity contribution in [2.45, 2.75) is 40.5 Å². The maximum absolute atomic E-state index is 3.39. The summed E-state index contributed by atoms with van der Waals surface area (Å²) in [5, 5.41) is 3.39. The zero-order valence-corrected chi connectivity index (χ0v) is 9.93. The van der Waals surface area contributed by atoms with E-state index in [2.05, 4.69) is 36.5 Å². The summed E-state index contributed by atoms with van der Waals surface area (Å²) in [6, 6.07) is 0.